The molecule has 0 aromatic heterocycles. The van der Waals surface area contributed by atoms with Gasteiger partial charge >= 0.3 is 0 Å². The molecule has 6 atom stereocenters. The maximum absolute atomic E-state index is 14.0. The molecule has 3 saturated heterocycles. The highest BCUT2D eigenvalue weighted by molar-refractivity contribution is 8.02. The van der Waals surface area contributed by atoms with Crippen LogP contribution in [0.4, 0.5) is 0 Å². The van der Waals surface area contributed by atoms with Crippen LogP contribution in [0.2, 0.25) is 0 Å². The molecule has 0 radical (unpaired) electrons. The molecule has 3 rings (SSSR count). The lowest BCUT2D eigenvalue weighted by Gasteiger charge is -2.39. The number of amides is 3. The number of hydrogen-bond donors (Lipinski definition) is 1. The molecule has 3 aliphatic rings. The molecule has 8 heteroatoms. The van der Waals surface area contributed by atoms with Crippen LogP contribution in [0.15, 0.2) is 25.3 Å². The quantitative estimate of drug-likeness (QED) is 0.474. The lowest BCUT2D eigenvalue weighted by atomic mass is 9.70. The molecule has 0 aromatic carbocycles. The van der Waals surface area contributed by atoms with Crippen molar-refractivity contribution in [2.24, 2.45) is 11.8 Å². The van der Waals surface area contributed by atoms with Crippen molar-refractivity contribution in [2.45, 2.75) is 61.6 Å². The van der Waals surface area contributed by atoms with E-state index in [2.05, 4.69) is 20.1 Å². The zero-order valence-corrected chi connectivity index (χ0v) is 20.4. The van der Waals surface area contributed by atoms with Crippen molar-refractivity contribution in [3.63, 3.8) is 0 Å². The van der Waals surface area contributed by atoms with E-state index in [0.717, 1.165) is 25.7 Å². The molecule has 3 fully saturated rings. The molecule has 178 valence electrons. The zero-order valence-electron chi connectivity index (χ0n) is 19.5. The van der Waals surface area contributed by atoms with Gasteiger partial charge in [0.2, 0.25) is 17.7 Å². The Balaban J connectivity index is 2.01. The normalized spacial score (nSPS) is 31.4. The fraction of sp³-hybridized carbons (Fsp3) is 0.708. The van der Waals surface area contributed by atoms with Crippen molar-refractivity contribution in [2.75, 3.05) is 33.3 Å². The summed E-state index contributed by atoms with van der Waals surface area (Å²) in [4.78, 5) is 46.0. The molecule has 1 N–H and O–H groups in total. The molecule has 32 heavy (non-hydrogen) atoms. The summed E-state index contributed by atoms with van der Waals surface area (Å²) in [6, 6.07) is -0.643. The number of carbonyl (C=O) groups excluding carboxylic acids is 3. The number of carbonyl (C=O) groups is 3. The van der Waals surface area contributed by atoms with Crippen molar-refractivity contribution in [3.8, 4) is 0 Å². The second-order valence-electron chi connectivity index (χ2n) is 9.24. The number of aliphatic hydroxyl groups is 1. The van der Waals surface area contributed by atoms with E-state index < -0.39 is 22.6 Å². The van der Waals surface area contributed by atoms with Crippen molar-refractivity contribution >= 4 is 29.5 Å². The molecule has 3 amide bonds. The third kappa shape index (κ3) is 3.89. The number of likely N-dealkylation sites (tertiary alicyclic amines) is 1. The Bertz CT molecular complexity index is 774. The predicted molar refractivity (Wildman–Crippen MR) is 127 cm³/mol. The van der Waals surface area contributed by atoms with Gasteiger partial charge in [0.15, 0.2) is 0 Å². The number of aliphatic hydroxyl groups excluding tert-OH is 1. The second kappa shape index (κ2) is 10.00. The first kappa shape index (κ1) is 24.8. The van der Waals surface area contributed by atoms with Crippen LogP contribution in [0, 0.1) is 11.8 Å². The number of rotatable bonds is 11. The Morgan fingerprint density at radius 2 is 2.00 bits per heavy atom. The standard InChI is InChI=1S/C24H37N3O4S/c1-6-9-16(4)26(13-8-3)23(31)20-24-11-10-17(32-24)18(21(29)25(5)12-7-2)19(24)22(30)27(20)14-15-28/h7-8,16-20,28H,2-3,6,9-15H2,1,4-5H3/t16?,17-,18+,19+,20?,24?/m1/s1. The van der Waals surface area contributed by atoms with Gasteiger partial charge in [-0.1, -0.05) is 25.5 Å². The SMILES string of the molecule is C=CCN(C)C(=O)[C@@H]1[C@H]2C(=O)N(CCO)C(C(=O)N(CC=C)C(C)CCC)C23CC[C@H]1S3. The first-order valence-corrected chi connectivity index (χ1v) is 12.5. The molecule has 7 nitrogen and oxygen atoms in total. The Labute approximate surface area is 195 Å². The van der Waals surface area contributed by atoms with E-state index in [9.17, 15) is 19.5 Å². The van der Waals surface area contributed by atoms with E-state index in [0.29, 0.717) is 13.1 Å². The number of hydrogen-bond acceptors (Lipinski definition) is 5. The fourth-order valence-corrected chi connectivity index (χ4v) is 8.16. The van der Waals surface area contributed by atoms with E-state index >= 15 is 0 Å². The van der Waals surface area contributed by atoms with Gasteiger partial charge in [0.05, 0.1) is 23.2 Å². The molecular weight excluding hydrogens is 426 g/mol. The average Bonchev–Trinajstić information content (AvgIpc) is 3.39. The Hall–Kier alpha value is -1.80. The minimum atomic E-state index is -0.663. The van der Waals surface area contributed by atoms with Gasteiger partial charge in [0, 0.05) is 38.0 Å². The summed E-state index contributed by atoms with van der Waals surface area (Å²) in [5.74, 6) is -1.28. The number of nitrogens with zero attached hydrogens (tertiary/aromatic N) is 3. The average molecular weight is 464 g/mol. The van der Waals surface area contributed by atoms with Gasteiger partial charge in [-0.25, -0.2) is 0 Å². The second-order valence-corrected chi connectivity index (χ2v) is 10.8. The van der Waals surface area contributed by atoms with Crippen LogP contribution < -0.4 is 0 Å². The minimum Gasteiger partial charge on any atom is -0.395 e. The van der Waals surface area contributed by atoms with Crippen LogP contribution in [0.5, 0.6) is 0 Å². The van der Waals surface area contributed by atoms with Crippen LogP contribution in [0.1, 0.15) is 39.5 Å². The fourth-order valence-electron chi connectivity index (χ4n) is 5.96. The smallest absolute Gasteiger partial charge is 0.247 e. The summed E-state index contributed by atoms with van der Waals surface area (Å²) in [5, 5.41) is 9.75. The number of β-amino-alcohol motifs (C(OH)–C–C–N with tert-alkyl or cyclic N) is 1. The third-order valence-electron chi connectivity index (χ3n) is 7.29. The summed E-state index contributed by atoms with van der Waals surface area (Å²) >= 11 is 1.66. The molecule has 3 heterocycles. The molecule has 3 aliphatic heterocycles. The summed E-state index contributed by atoms with van der Waals surface area (Å²) in [6.45, 7) is 12.4. The highest BCUT2D eigenvalue weighted by Gasteiger charge is 2.73. The van der Waals surface area contributed by atoms with Crippen LogP contribution in [-0.4, -0.2) is 92.9 Å². The van der Waals surface area contributed by atoms with E-state index in [1.807, 2.05) is 11.8 Å². The Morgan fingerprint density at radius 3 is 2.59 bits per heavy atom. The first-order valence-electron chi connectivity index (χ1n) is 11.6. The summed E-state index contributed by atoms with van der Waals surface area (Å²) in [7, 11) is 1.74. The van der Waals surface area contributed by atoms with Gasteiger partial charge < -0.3 is 19.8 Å². The van der Waals surface area contributed by atoms with E-state index in [1.165, 1.54) is 0 Å². The minimum absolute atomic E-state index is 0.0202. The lowest BCUT2D eigenvalue weighted by molar-refractivity contribution is -0.145. The number of fused-ring (bicyclic) bond motifs is 1. The van der Waals surface area contributed by atoms with Crippen LogP contribution in [-0.2, 0) is 14.4 Å². The van der Waals surface area contributed by atoms with Gasteiger partial charge in [-0.05, 0) is 26.2 Å². The molecule has 0 aromatic rings. The largest absolute Gasteiger partial charge is 0.395 e. The molecular formula is C24H37N3O4S. The van der Waals surface area contributed by atoms with E-state index in [1.54, 1.807) is 40.8 Å². The lowest BCUT2D eigenvalue weighted by Crippen LogP contribution is -2.56. The monoisotopic (exact) mass is 463 g/mol. The summed E-state index contributed by atoms with van der Waals surface area (Å²) in [6.07, 6.45) is 6.76. The van der Waals surface area contributed by atoms with E-state index in [4.69, 9.17) is 0 Å². The topological polar surface area (TPSA) is 81.2 Å². The van der Waals surface area contributed by atoms with E-state index in [-0.39, 0.29) is 42.2 Å². The van der Waals surface area contributed by atoms with Crippen molar-refractivity contribution < 1.29 is 19.5 Å². The highest BCUT2D eigenvalue weighted by Crippen LogP contribution is 2.66. The van der Waals surface area contributed by atoms with Crippen molar-refractivity contribution in [1.82, 2.24) is 14.7 Å². The Kier molecular flexibility index (Phi) is 7.76. The maximum Gasteiger partial charge on any atom is 0.247 e. The molecule has 2 bridgehead atoms. The van der Waals surface area contributed by atoms with Crippen LogP contribution in [0.3, 0.4) is 0 Å². The van der Waals surface area contributed by atoms with Gasteiger partial charge in [-0.3, -0.25) is 14.4 Å². The van der Waals surface area contributed by atoms with Crippen molar-refractivity contribution in [3.05, 3.63) is 25.3 Å². The zero-order chi connectivity index (χ0) is 23.6. The molecule has 0 saturated carbocycles. The van der Waals surface area contributed by atoms with Gasteiger partial charge in [-0.15, -0.1) is 24.9 Å². The number of thioether (sulfide) groups is 1. The van der Waals surface area contributed by atoms with Crippen LogP contribution in [0.25, 0.3) is 0 Å². The molecule has 1 spiro atoms. The molecule has 0 aliphatic carbocycles. The first-order chi connectivity index (χ1) is 15.3. The van der Waals surface area contributed by atoms with Gasteiger partial charge in [0.1, 0.15) is 6.04 Å². The van der Waals surface area contributed by atoms with Crippen LogP contribution >= 0.6 is 11.8 Å². The van der Waals surface area contributed by atoms with Gasteiger partial charge in [-0.2, -0.15) is 0 Å². The summed E-state index contributed by atoms with van der Waals surface area (Å²) < 4.78 is -0.616. The maximum atomic E-state index is 14.0. The molecule has 3 unspecified atom stereocenters. The predicted octanol–water partition coefficient (Wildman–Crippen LogP) is 1.92. The third-order valence-corrected chi connectivity index (χ3v) is 9.24. The summed E-state index contributed by atoms with van der Waals surface area (Å²) in [5.41, 5.74) is 0. The van der Waals surface area contributed by atoms with Crippen molar-refractivity contribution in [1.29, 1.82) is 0 Å². The van der Waals surface area contributed by atoms with Gasteiger partial charge in [0.25, 0.3) is 0 Å². The highest BCUT2D eigenvalue weighted by atomic mass is 32.2. The number of likely N-dealkylation sites (N-methyl/N-ethyl adjacent to an activating group) is 1. The Morgan fingerprint density at radius 1 is 1.31 bits per heavy atom.